The van der Waals surface area contributed by atoms with Crippen LogP contribution in [0.5, 0.6) is 6.01 Å². The number of benzene rings is 1. The van der Waals surface area contributed by atoms with Crippen molar-refractivity contribution in [2.75, 3.05) is 26.4 Å². The molecule has 3 aromatic rings. The fraction of sp³-hybridized carbons (Fsp3) is 0.400. The SMILES string of the molecule is Cc1cccc(-c2ccn(-c3cc(C4=CCCOCC4)nc(OCC4CCCO4)n3)n2)c1. The van der Waals surface area contributed by atoms with Crippen molar-refractivity contribution in [2.24, 2.45) is 0 Å². The van der Waals surface area contributed by atoms with Crippen LogP contribution in [0.4, 0.5) is 0 Å². The van der Waals surface area contributed by atoms with E-state index in [0.29, 0.717) is 25.0 Å². The third kappa shape index (κ3) is 4.89. The van der Waals surface area contributed by atoms with Gasteiger partial charge in [-0.15, -0.1) is 0 Å². The molecule has 4 heterocycles. The Labute approximate surface area is 188 Å². The van der Waals surface area contributed by atoms with E-state index < -0.39 is 0 Å². The van der Waals surface area contributed by atoms with Gasteiger partial charge in [0.05, 0.1) is 30.7 Å². The molecule has 1 fully saturated rings. The highest BCUT2D eigenvalue weighted by Crippen LogP contribution is 2.25. The molecule has 1 aromatic carbocycles. The molecule has 2 aliphatic heterocycles. The molecule has 7 nitrogen and oxygen atoms in total. The van der Waals surface area contributed by atoms with Crippen molar-refractivity contribution in [1.82, 2.24) is 19.7 Å². The van der Waals surface area contributed by atoms with Gasteiger partial charge in [-0.1, -0.05) is 29.8 Å². The minimum Gasteiger partial charge on any atom is -0.461 e. The molecule has 32 heavy (non-hydrogen) atoms. The molecule has 0 N–H and O–H groups in total. The van der Waals surface area contributed by atoms with Gasteiger partial charge in [-0.3, -0.25) is 0 Å². The van der Waals surface area contributed by atoms with Crippen LogP contribution in [0.15, 0.2) is 48.7 Å². The van der Waals surface area contributed by atoms with Crippen molar-refractivity contribution < 1.29 is 14.2 Å². The van der Waals surface area contributed by atoms with Gasteiger partial charge < -0.3 is 14.2 Å². The molecule has 1 saturated heterocycles. The highest BCUT2D eigenvalue weighted by atomic mass is 16.5. The van der Waals surface area contributed by atoms with Crippen molar-refractivity contribution in [3.8, 4) is 23.1 Å². The summed E-state index contributed by atoms with van der Waals surface area (Å²) in [6.07, 6.45) is 8.00. The number of aromatic nitrogens is 4. The number of aryl methyl sites for hydroxylation is 1. The number of nitrogens with zero attached hydrogens (tertiary/aromatic N) is 4. The van der Waals surface area contributed by atoms with E-state index in [9.17, 15) is 0 Å². The van der Waals surface area contributed by atoms with Crippen molar-refractivity contribution in [2.45, 2.75) is 38.7 Å². The largest absolute Gasteiger partial charge is 0.461 e. The third-order valence-electron chi connectivity index (χ3n) is 5.75. The predicted octanol–water partition coefficient (Wildman–Crippen LogP) is 4.39. The van der Waals surface area contributed by atoms with Crippen molar-refractivity contribution in [3.63, 3.8) is 0 Å². The van der Waals surface area contributed by atoms with Gasteiger partial charge in [0.15, 0.2) is 5.82 Å². The van der Waals surface area contributed by atoms with E-state index in [2.05, 4.69) is 36.2 Å². The minimum absolute atomic E-state index is 0.105. The normalized spacial score (nSPS) is 18.9. The number of hydrogen-bond acceptors (Lipinski definition) is 6. The van der Waals surface area contributed by atoms with Crippen molar-refractivity contribution in [1.29, 1.82) is 0 Å². The summed E-state index contributed by atoms with van der Waals surface area (Å²) in [5.74, 6) is 0.683. The minimum atomic E-state index is 0.105. The summed E-state index contributed by atoms with van der Waals surface area (Å²) in [5, 5.41) is 4.78. The highest BCUT2D eigenvalue weighted by Gasteiger charge is 2.18. The van der Waals surface area contributed by atoms with Gasteiger partial charge in [-0.05, 0) is 50.3 Å². The Balaban J connectivity index is 1.46. The summed E-state index contributed by atoms with van der Waals surface area (Å²) in [4.78, 5) is 9.37. The second-order valence-corrected chi connectivity index (χ2v) is 8.24. The zero-order valence-electron chi connectivity index (χ0n) is 18.4. The quantitative estimate of drug-likeness (QED) is 0.575. The zero-order chi connectivity index (χ0) is 21.8. The average Bonchev–Trinajstić information content (AvgIpc) is 3.45. The molecule has 2 aliphatic rings. The molecule has 0 amide bonds. The lowest BCUT2D eigenvalue weighted by Gasteiger charge is -2.13. The van der Waals surface area contributed by atoms with Crippen LogP contribution in [0.2, 0.25) is 0 Å². The van der Waals surface area contributed by atoms with Crippen LogP contribution >= 0.6 is 0 Å². The first-order valence-electron chi connectivity index (χ1n) is 11.3. The van der Waals surface area contributed by atoms with E-state index in [0.717, 1.165) is 61.4 Å². The molecule has 7 heteroatoms. The summed E-state index contributed by atoms with van der Waals surface area (Å²) in [6.45, 7) is 4.76. The van der Waals surface area contributed by atoms with E-state index >= 15 is 0 Å². The predicted molar refractivity (Wildman–Crippen MR) is 122 cm³/mol. The lowest BCUT2D eigenvalue weighted by atomic mass is 10.1. The molecular weight excluding hydrogens is 404 g/mol. The highest BCUT2D eigenvalue weighted by molar-refractivity contribution is 5.64. The molecule has 0 bridgehead atoms. The number of hydrogen-bond donors (Lipinski definition) is 0. The maximum Gasteiger partial charge on any atom is 0.319 e. The first-order valence-corrected chi connectivity index (χ1v) is 11.3. The molecule has 0 radical (unpaired) electrons. The van der Waals surface area contributed by atoms with E-state index in [-0.39, 0.29) is 6.10 Å². The van der Waals surface area contributed by atoms with Crippen LogP contribution in [0.3, 0.4) is 0 Å². The van der Waals surface area contributed by atoms with Gasteiger partial charge in [0.1, 0.15) is 6.61 Å². The first kappa shape index (κ1) is 20.8. The van der Waals surface area contributed by atoms with Gasteiger partial charge in [0, 0.05) is 24.4 Å². The summed E-state index contributed by atoms with van der Waals surface area (Å²) >= 11 is 0. The summed E-state index contributed by atoms with van der Waals surface area (Å²) < 4.78 is 19.1. The van der Waals surface area contributed by atoms with Gasteiger partial charge in [-0.2, -0.15) is 15.1 Å². The van der Waals surface area contributed by atoms with Crippen molar-refractivity contribution in [3.05, 3.63) is 59.9 Å². The molecule has 2 aromatic heterocycles. The zero-order valence-corrected chi connectivity index (χ0v) is 18.4. The average molecular weight is 433 g/mol. The molecule has 0 saturated carbocycles. The monoisotopic (exact) mass is 432 g/mol. The van der Waals surface area contributed by atoms with Gasteiger partial charge >= 0.3 is 6.01 Å². The Morgan fingerprint density at radius 3 is 2.94 bits per heavy atom. The molecule has 1 unspecified atom stereocenters. The second-order valence-electron chi connectivity index (χ2n) is 8.24. The van der Waals surface area contributed by atoms with Crippen LogP contribution in [0, 0.1) is 6.92 Å². The van der Waals surface area contributed by atoms with Crippen LogP contribution in [-0.2, 0) is 9.47 Å². The summed E-state index contributed by atoms with van der Waals surface area (Å²) in [7, 11) is 0. The topological polar surface area (TPSA) is 71.3 Å². The van der Waals surface area contributed by atoms with E-state index in [1.807, 2.05) is 24.4 Å². The molecule has 0 aliphatic carbocycles. The molecule has 5 rings (SSSR count). The van der Waals surface area contributed by atoms with Crippen LogP contribution in [-0.4, -0.2) is 52.3 Å². The lowest BCUT2D eigenvalue weighted by Crippen LogP contribution is -2.18. The lowest BCUT2D eigenvalue weighted by molar-refractivity contribution is 0.0645. The van der Waals surface area contributed by atoms with Gasteiger partial charge in [0.25, 0.3) is 0 Å². The van der Waals surface area contributed by atoms with Gasteiger partial charge in [0.2, 0.25) is 0 Å². The second kappa shape index (κ2) is 9.63. The Morgan fingerprint density at radius 2 is 2.06 bits per heavy atom. The Kier molecular flexibility index (Phi) is 6.27. The van der Waals surface area contributed by atoms with Crippen LogP contribution in [0.25, 0.3) is 22.6 Å². The van der Waals surface area contributed by atoms with Crippen molar-refractivity contribution >= 4 is 5.57 Å². The molecular formula is C25H28N4O3. The van der Waals surface area contributed by atoms with Crippen LogP contribution in [0.1, 0.15) is 36.9 Å². The molecule has 0 spiro atoms. The summed E-state index contributed by atoms with van der Waals surface area (Å²) in [5.41, 5.74) is 5.19. The number of rotatable bonds is 6. The van der Waals surface area contributed by atoms with Crippen LogP contribution < -0.4 is 4.74 Å². The maximum atomic E-state index is 5.98. The Morgan fingerprint density at radius 1 is 1.09 bits per heavy atom. The van der Waals surface area contributed by atoms with E-state index in [4.69, 9.17) is 24.3 Å². The smallest absolute Gasteiger partial charge is 0.319 e. The molecule has 166 valence electrons. The standard InChI is InChI=1S/C25H28N4O3/c1-18-5-2-6-20(15-18)22-9-11-29(28-22)24-16-23(19-7-3-12-30-14-10-19)26-25(27-24)32-17-21-8-4-13-31-21/h2,5-7,9,11,15-16,21H,3-4,8,10,12-14,17H2,1H3. The van der Waals surface area contributed by atoms with E-state index in [1.165, 1.54) is 5.56 Å². The molecule has 1 atom stereocenters. The third-order valence-corrected chi connectivity index (χ3v) is 5.75. The Bertz CT molecular complexity index is 1100. The Hall–Kier alpha value is -3.03. The fourth-order valence-electron chi connectivity index (χ4n) is 4.05. The fourth-order valence-corrected chi connectivity index (χ4v) is 4.05. The maximum absolute atomic E-state index is 5.98. The number of ether oxygens (including phenoxy) is 3. The van der Waals surface area contributed by atoms with E-state index in [1.54, 1.807) is 4.68 Å². The summed E-state index contributed by atoms with van der Waals surface area (Å²) in [6, 6.07) is 12.7. The first-order chi connectivity index (χ1) is 15.7. The van der Waals surface area contributed by atoms with Gasteiger partial charge in [-0.25, -0.2) is 4.68 Å².